The van der Waals surface area contributed by atoms with Gasteiger partial charge in [-0.1, -0.05) is 13.8 Å². The third kappa shape index (κ3) is 2.89. The summed E-state index contributed by atoms with van der Waals surface area (Å²) in [7, 11) is 0. The SMILES string of the molecule is CCn1cc(/C=C2\C[C@H]3[C@@H]4CC[C@H]5C[C@H](O)CC[C@]5(C)[C@H]4CC[C@]3(C)C2=O)c(C)n1. The number of aryl methyl sites for hydroxylation is 2. The van der Waals surface area contributed by atoms with Gasteiger partial charge in [0.2, 0.25) is 0 Å². The lowest BCUT2D eigenvalue weighted by Gasteiger charge is -2.59. The summed E-state index contributed by atoms with van der Waals surface area (Å²) in [6, 6.07) is 0. The van der Waals surface area contributed by atoms with Crippen molar-refractivity contribution in [3.8, 4) is 0 Å². The van der Waals surface area contributed by atoms with E-state index in [4.69, 9.17) is 0 Å². The Morgan fingerprint density at radius 1 is 1.20 bits per heavy atom. The quantitative estimate of drug-likeness (QED) is 0.684. The number of ketones is 1. The summed E-state index contributed by atoms with van der Waals surface area (Å²) in [6.07, 6.45) is 12.9. The van der Waals surface area contributed by atoms with Crippen LogP contribution in [0.5, 0.6) is 0 Å². The van der Waals surface area contributed by atoms with E-state index in [9.17, 15) is 9.90 Å². The zero-order valence-electron chi connectivity index (χ0n) is 19.2. The van der Waals surface area contributed by atoms with E-state index in [0.717, 1.165) is 61.4 Å². The number of aliphatic hydroxyl groups is 1. The molecule has 4 fully saturated rings. The van der Waals surface area contributed by atoms with Gasteiger partial charge in [-0.25, -0.2) is 0 Å². The summed E-state index contributed by atoms with van der Waals surface area (Å²) in [5.74, 6) is 2.94. The van der Waals surface area contributed by atoms with Crippen molar-refractivity contribution < 1.29 is 9.90 Å². The van der Waals surface area contributed by atoms with Crippen LogP contribution in [0, 0.1) is 41.4 Å². The molecular weight excluding hydrogens is 372 g/mol. The van der Waals surface area contributed by atoms with Crippen LogP contribution >= 0.6 is 0 Å². The number of aromatic nitrogens is 2. The number of hydrogen-bond donors (Lipinski definition) is 1. The maximum absolute atomic E-state index is 13.6. The van der Waals surface area contributed by atoms with Gasteiger partial charge in [0.25, 0.3) is 0 Å². The van der Waals surface area contributed by atoms with Crippen molar-refractivity contribution in [2.75, 3.05) is 0 Å². The highest BCUT2D eigenvalue weighted by atomic mass is 16.3. The van der Waals surface area contributed by atoms with E-state index in [-0.39, 0.29) is 11.5 Å². The highest BCUT2D eigenvalue weighted by molar-refractivity contribution is 6.06. The Hall–Kier alpha value is -1.42. The predicted molar refractivity (Wildman–Crippen MR) is 119 cm³/mol. The maximum Gasteiger partial charge on any atom is 0.165 e. The lowest BCUT2D eigenvalue weighted by atomic mass is 9.45. The van der Waals surface area contributed by atoms with Crippen LogP contribution in [-0.4, -0.2) is 26.8 Å². The molecule has 4 aliphatic rings. The van der Waals surface area contributed by atoms with Gasteiger partial charge in [-0.3, -0.25) is 9.48 Å². The second-order valence-corrected chi connectivity index (χ2v) is 11.3. The summed E-state index contributed by atoms with van der Waals surface area (Å²) >= 11 is 0. The smallest absolute Gasteiger partial charge is 0.165 e. The number of rotatable bonds is 2. The van der Waals surface area contributed by atoms with Crippen molar-refractivity contribution in [1.29, 1.82) is 0 Å². The number of allylic oxidation sites excluding steroid dienone is 1. The zero-order valence-corrected chi connectivity index (χ0v) is 19.2. The minimum atomic E-state index is -0.182. The summed E-state index contributed by atoms with van der Waals surface area (Å²) < 4.78 is 1.96. The zero-order chi connectivity index (χ0) is 21.3. The molecule has 0 radical (unpaired) electrons. The van der Waals surface area contributed by atoms with E-state index in [2.05, 4.69) is 38.1 Å². The third-order valence-electron chi connectivity index (χ3n) is 9.92. The highest BCUT2D eigenvalue weighted by Crippen LogP contribution is 2.66. The summed E-state index contributed by atoms with van der Waals surface area (Å²) in [5, 5.41) is 14.8. The van der Waals surface area contributed by atoms with Crippen LogP contribution < -0.4 is 0 Å². The van der Waals surface area contributed by atoms with E-state index in [1.165, 1.54) is 19.3 Å². The third-order valence-corrected chi connectivity index (χ3v) is 9.92. The standard InChI is InChI=1S/C26H38N2O2/c1-5-28-15-18(16(2)27-28)12-17-13-23-21-7-6-19-14-20(29)8-10-25(19,3)22(21)9-11-26(23,4)24(17)30/h12,15,19-23,29H,5-11,13-14H2,1-4H3/b17-12+/t19-,20+,21+,22-,23-,25-,26-/m0/s1. The molecule has 30 heavy (non-hydrogen) atoms. The first-order chi connectivity index (χ1) is 14.3. The van der Waals surface area contributed by atoms with Gasteiger partial charge < -0.3 is 5.11 Å². The van der Waals surface area contributed by atoms with Crippen LogP contribution in [0.3, 0.4) is 0 Å². The normalized spacial score (nSPS) is 44.6. The molecule has 1 N–H and O–H groups in total. The van der Waals surface area contributed by atoms with Gasteiger partial charge in [0.1, 0.15) is 0 Å². The fourth-order valence-electron chi connectivity index (χ4n) is 8.06. The first kappa shape index (κ1) is 20.5. The molecule has 1 heterocycles. The topological polar surface area (TPSA) is 55.1 Å². The molecule has 4 nitrogen and oxygen atoms in total. The Bertz CT molecular complexity index is 886. The minimum Gasteiger partial charge on any atom is -0.393 e. The molecular formula is C26H38N2O2. The van der Waals surface area contributed by atoms with Crippen LogP contribution in [0.25, 0.3) is 6.08 Å². The van der Waals surface area contributed by atoms with Gasteiger partial charge in [-0.2, -0.15) is 5.10 Å². The van der Waals surface area contributed by atoms with E-state index in [1.807, 2.05) is 11.6 Å². The number of carbonyl (C=O) groups is 1. The van der Waals surface area contributed by atoms with Crippen molar-refractivity contribution in [3.05, 3.63) is 23.0 Å². The Labute approximate surface area is 181 Å². The molecule has 0 unspecified atom stereocenters. The highest BCUT2D eigenvalue weighted by Gasteiger charge is 2.61. The molecule has 0 aliphatic heterocycles. The Kier molecular flexibility index (Phi) is 4.81. The largest absolute Gasteiger partial charge is 0.393 e. The molecule has 164 valence electrons. The molecule has 4 heteroatoms. The molecule has 1 aromatic heterocycles. The van der Waals surface area contributed by atoms with Crippen molar-refractivity contribution >= 4 is 11.9 Å². The number of nitrogens with zero attached hydrogens (tertiary/aromatic N) is 2. The molecule has 7 atom stereocenters. The Morgan fingerprint density at radius 3 is 2.73 bits per heavy atom. The van der Waals surface area contributed by atoms with Gasteiger partial charge in [0.05, 0.1) is 11.8 Å². The summed E-state index contributed by atoms with van der Waals surface area (Å²) in [6.45, 7) is 9.78. The number of fused-ring (bicyclic) bond motifs is 5. The minimum absolute atomic E-state index is 0.0941. The van der Waals surface area contributed by atoms with Gasteiger partial charge in [0, 0.05) is 23.7 Å². The van der Waals surface area contributed by atoms with E-state index in [1.54, 1.807) is 0 Å². The Balaban J connectivity index is 1.45. The maximum atomic E-state index is 13.6. The van der Waals surface area contributed by atoms with Crippen molar-refractivity contribution in [1.82, 2.24) is 9.78 Å². The second-order valence-electron chi connectivity index (χ2n) is 11.3. The first-order valence-electron chi connectivity index (χ1n) is 12.2. The molecule has 1 aromatic rings. The lowest BCUT2D eigenvalue weighted by molar-refractivity contribution is -0.141. The molecule has 4 aliphatic carbocycles. The summed E-state index contributed by atoms with van der Waals surface area (Å²) in [5.41, 5.74) is 3.34. The van der Waals surface area contributed by atoms with Crippen LogP contribution in [-0.2, 0) is 11.3 Å². The van der Waals surface area contributed by atoms with Crippen LogP contribution in [0.1, 0.15) is 83.4 Å². The van der Waals surface area contributed by atoms with Crippen LogP contribution in [0.15, 0.2) is 11.8 Å². The lowest BCUT2D eigenvalue weighted by Crippen LogP contribution is -2.54. The van der Waals surface area contributed by atoms with Crippen molar-refractivity contribution in [3.63, 3.8) is 0 Å². The van der Waals surface area contributed by atoms with Gasteiger partial charge in [-0.15, -0.1) is 0 Å². The number of aliphatic hydroxyl groups excluding tert-OH is 1. The summed E-state index contributed by atoms with van der Waals surface area (Å²) in [4.78, 5) is 13.6. The van der Waals surface area contributed by atoms with E-state index >= 15 is 0 Å². The second kappa shape index (κ2) is 7.05. The van der Waals surface area contributed by atoms with E-state index in [0.29, 0.717) is 29.0 Å². The van der Waals surface area contributed by atoms with Gasteiger partial charge >= 0.3 is 0 Å². The molecule has 0 spiro atoms. The molecule has 0 aromatic carbocycles. The molecule has 0 bridgehead atoms. The van der Waals surface area contributed by atoms with Gasteiger partial charge in [0.15, 0.2) is 5.78 Å². The van der Waals surface area contributed by atoms with Crippen molar-refractivity contribution in [2.45, 2.75) is 91.7 Å². The average molecular weight is 411 g/mol. The number of carbonyl (C=O) groups excluding carboxylic acids is 1. The van der Waals surface area contributed by atoms with Crippen molar-refractivity contribution in [2.24, 2.45) is 34.5 Å². The molecule has 5 rings (SSSR count). The molecule has 0 saturated heterocycles. The number of Topliss-reactive ketones (excluding diaryl/α,β-unsaturated/α-hetero) is 1. The molecule has 0 amide bonds. The van der Waals surface area contributed by atoms with Gasteiger partial charge in [-0.05, 0) is 106 Å². The number of hydrogen-bond acceptors (Lipinski definition) is 3. The average Bonchev–Trinajstić information content (AvgIpc) is 3.20. The monoisotopic (exact) mass is 410 g/mol. The fraction of sp³-hybridized carbons (Fsp3) is 0.769. The first-order valence-corrected chi connectivity index (χ1v) is 12.2. The Morgan fingerprint density at radius 2 is 2.00 bits per heavy atom. The van der Waals surface area contributed by atoms with E-state index < -0.39 is 0 Å². The molecule has 4 saturated carbocycles. The van der Waals surface area contributed by atoms with Crippen LogP contribution in [0.4, 0.5) is 0 Å². The fourth-order valence-corrected chi connectivity index (χ4v) is 8.06. The predicted octanol–water partition coefficient (Wildman–Crippen LogP) is 5.18. The van der Waals surface area contributed by atoms with Crippen LogP contribution in [0.2, 0.25) is 0 Å².